The van der Waals surface area contributed by atoms with E-state index in [1.807, 2.05) is 6.92 Å². The summed E-state index contributed by atoms with van der Waals surface area (Å²) in [6.45, 7) is 5.86. The van der Waals surface area contributed by atoms with Crippen LogP contribution in [-0.4, -0.2) is 36.9 Å². The topological polar surface area (TPSA) is 96.0 Å². The quantitative estimate of drug-likeness (QED) is 0.360. The van der Waals surface area contributed by atoms with Crippen LogP contribution in [0.15, 0.2) is 21.5 Å². The maximum Gasteiger partial charge on any atom is 0.252 e. The zero-order valence-electron chi connectivity index (χ0n) is 11.2. The van der Waals surface area contributed by atoms with Crippen LogP contribution in [0.3, 0.4) is 0 Å². The lowest BCUT2D eigenvalue weighted by Crippen LogP contribution is -2.38. The Bertz CT molecular complexity index is 551. The maximum atomic E-state index is 12.4. The Hall–Kier alpha value is -1.12. The molecule has 3 N–H and O–H groups in total. The van der Waals surface area contributed by atoms with E-state index < -0.39 is 10.0 Å². The normalized spacial score (nSPS) is 14.8. The molecule has 0 saturated carbocycles. The first kappa shape index (κ1) is 15.9. The second kappa shape index (κ2) is 6.36. The third-order valence-electron chi connectivity index (χ3n) is 2.76. The summed E-state index contributed by atoms with van der Waals surface area (Å²) in [4.78, 5) is 0.944. The van der Waals surface area contributed by atoms with Crippen molar-refractivity contribution in [3.8, 4) is 0 Å². The Labute approximate surface area is 117 Å². The number of nitrogens with two attached hydrogens (primary N) is 1. The van der Waals surface area contributed by atoms with Gasteiger partial charge in [-0.1, -0.05) is 19.0 Å². The highest BCUT2D eigenvalue weighted by atomic mass is 32.2. The molecule has 0 radical (unpaired) electrons. The molecule has 1 unspecified atom stereocenters. The van der Waals surface area contributed by atoms with Gasteiger partial charge in [-0.05, 0) is 19.1 Å². The Morgan fingerprint density at radius 1 is 1.58 bits per heavy atom. The number of hydrogen-bond donors (Lipinski definition) is 2. The van der Waals surface area contributed by atoms with Gasteiger partial charge in [-0.25, -0.2) is 8.42 Å². The third kappa shape index (κ3) is 3.68. The first-order valence-corrected chi connectivity index (χ1v) is 8.12. The zero-order chi connectivity index (χ0) is 14.6. The van der Waals surface area contributed by atoms with Gasteiger partial charge < -0.3 is 10.9 Å². The molecule has 0 bridgehead atoms. The molecule has 1 heterocycles. The fourth-order valence-corrected chi connectivity index (χ4v) is 4.55. The van der Waals surface area contributed by atoms with Crippen LogP contribution < -0.4 is 5.73 Å². The molecule has 0 aliphatic heterocycles. The summed E-state index contributed by atoms with van der Waals surface area (Å²) in [5, 5.41) is 11.5. The molecule has 1 rings (SSSR count). The highest BCUT2D eigenvalue weighted by Crippen LogP contribution is 2.24. The Balaban J connectivity index is 2.97. The van der Waals surface area contributed by atoms with E-state index in [0.29, 0.717) is 10.8 Å². The van der Waals surface area contributed by atoms with E-state index >= 15 is 0 Å². The minimum absolute atomic E-state index is 0.0241. The molecule has 1 aromatic rings. The molecule has 0 saturated heterocycles. The lowest BCUT2D eigenvalue weighted by Gasteiger charge is -2.22. The average molecular weight is 305 g/mol. The molecule has 1 aromatic heterocycles. The summed E-state index contributed by atoms with van der Waals surface area (Å²) in [6.07, 6.45) is 0. The molecule has 8 heteroatoms. The van der Waals surface area contributed by atoms with E-state index in [-0.39, 0.29) is 18.3 Å². The van der Waals surface area contributed by atoms with E-state index in [1.165, 1.54) is 15.6 Å². The van der Waals surface area contributed by atoms with Gasteiger partial charge in [0, 0.05) is 23.9 Å². The number of nitrogens with zero attached hydrogens (tertiary/aromatic N) is 2. The predicted molar refractivity (Wildman–Crippen MR) is 76.1 cm³/mol. The van der Waals surface area contributed by atoms with Crippen LogP contribution >= 0.6 is 11.3 Å². The first-order valence-electron chi connectivity index (χ1n) is 5.87. The number of hydrogen-bond acceptors (Lipinski definition) is 5. The number of amidine groups is 1. The van der Waals surface area contributed by atoms with Gasteiger partial charge in [0.1, 0.15) is 10.0 Å². The Morgan fingerprint density at radius 2 is 2.21 bits per heavy atom. The summed E-state index contributed by atoms with van der Waals surface area (Å²) in [5.74, 6) is -0.322. The van der Waals surface area contributed by atoms with Crippen molar-refractivity contribution < 1.29 is 13.6 Å². The van der Waals surface area contributed by atoms with Gasteiger partial charge in [-0.3, -0.25) is 0 Å². The summed E-state index contributed by atoms with van der Waals surface area (Å²) in [7, 11) is -3.51. The molecule has 0 amide bonds. The van der Waals surface area contributed by atoms with E-state index in [4.69, 9.17) is 10.9 Å². The maximum absolute atomic E-state index is 12.4. The summed E-state index contributed by atoms with van der Waals surface area (Å²) < 4.78 is 26.5. The molecule has 0 spiro atoms. The van der Waals surface area contributed by atoms with Crippen LogP contribution in [0.1, 0.15) is 18.7 Å². The van der Waals surface area contributed by atoms with Gasteiger partial charge in [0.25, 0.3) is 10.0 Å². The van der Waals surface area contributed by atoms with Gasteiger partial charge in [0.05, 0.1) is 0 Å². The lowest BCUT2D eigenvalue weighted by atomic mass is 10.1. The van der Waals surface area contributed by atoms with Crippen LogP contribution in [0.25, 0.3) is 0 Å². The smallest absolute Gasteiger partial charge is 0.252 e. The van der Waals surface area contributed by atoms with E-state index in [2.05, 4.69) is 5.16 Å². The second-order valence-corrected chi connectivity index (χ2v) is 7.70. The average Bonchev–Trinajstić information content (AvgIpc) is 2.81. The SMILES string of the molecule is CCN(CC(C)/C(N)=N/O)S(=O)(=O)c1ccc(C)s1. The molecule has 0 aliphatic carbocycles. The van der Waals surface area contributed by atoms with Crippen molar-refractivity contribution in [1.29, 1.82) is 0 Å². The summed E-state index contributed by atoms with van der Waals surface area (Å²) in [6, 6.07) is 3.38. The van der Waals surface area contributed by atoms with Gasteiger partial charge in [0.2, 0.25) is 0 Å². The van der Waals surface area contributed by atoms with Crippen molar-refractivity contribution in [2.45, 2.75) is 25.0 Å². The minimum Gasteiger partial charge on any atom is -0.409 e. The molecule has 0 aromatic carbocycles. The van der Waals surface area contributed by atoms with Crippen LogP contribution in [-0.2, 0) is 10.0 Å². The van der Waals surface area contributed by atoms with Crippen molar-refractivity contribution in [2.75, 3.05) is 13.1 Å². The number of thiophene rings is 1. The minimum atomic E-state index is -3.51. The number of sulfonamides is 1. The fourth-order valence-electron chi connectivity index (χ4n) is 1.57. The lowest BCUT2D eigenvalue weighted by molar-refractivity contribution is 0.311. The highest BCUT2D eigenvalue weighted by Gasteiger charge is 2.26. The molecular formula is C11H19N3O3S2. The van der Waals surface area contributed by atoms with Gasteiger partial charge in [-0.2, -0.15) is 4.31 Å². The van der Waals surface area contributed by atoms with Crippen molar-refractivity contribution in [2.24, 2.45) is 16.8 Å². The third-order valence-corrected chi connectivity index (χ3v) is 6.17. The van der Waals surface area contributed by atoms with Crippen LogP contribution in [0.5, 0.6) is 0 Å². The first-order chi connectivity index (χ1) is 8.82. The van der Waals surface area contributed by atoms with Crippen LogP contribution in [0.2, 0.25) is 0 Å². The molecule has 1 atom stereocenters. The highest BCUT2D eigenvalue weighted by molar-refractivity contribution is 7.91. The van der Waals surface area contributed by atoms with Gasteiger partial charge >= 0.3 is 0 Å². The predicted octanol–water partition coefficient (Wildman–Crippen LogP) is 1.45. The van der Waals surface area contributed by atoms with Gasteiger partial charge in [-0.15, -0.1) is 11.3 Å². The van der Waals surface area contributed by atoms with Gasteiger partial charge in [0.15, 0.2) is 0 Å². The Kier molecular flexibility index (Phi) is 5.33. The van der Waals surface area contributed by atoms with E-state index in [9.17, 15) is 8.42 Å². The van der Waals surface area contributed by atoms with E-state index in [0.717, 1.165) is 4.88 Å². The monoisotopic (exact) mass is 305 g/mol. The van der Waals surface area contributed by atoms with Crippen molar-refractivity contribution >= 4 is 27.2 Å². The van der Waals surface area contributed by atoms with Crippen molar-refractivity contribution in [3.63, 3.8) is 0 Å². The largest absolute Gasteiger partial charge is 0.409 e. The molecule has 19 heavy (non-hydrogen) atoms. The number of oxime groups is 1. The second-order valence-electron chi connectivity index (χ2n) is 4.25. The molecule has 0 aliphatic rings. The van der Waals surface area contributed by atoms with Crippen LogP contribution in [0, 0.1) is 12.8 Å². The van der Waals surface area contributed by atoms with Crippen molar-refractivity contribution in [3.05, 3.63) is 17.0 Å². The number of aryl methyl sites for hydroxylation is 1. The van der Waals surface area contributed by atoms with E-state index in [1.54, 1.807) is 26.0 Å². The molecular weight excluding hydrogens is 286 g/mol. The number of rotatable bonds is 6. The standard InChI is InChI=1S/C11H19N3O3S2/c1-4-14(7-8(2)11(12)13-15)19(16,17)10-6-5-9(3)18-10/h5-6,8,15H,4,7H2,1-3H3,(H2,12,13). The molecule has 6 nitrogen and oxygen atoms in total. The van der Waals surface area contributed by atoms with Crippen LogP contribution in [0.4, 0.5) is 0 Å². The van der Waals surface area contributed by atoms with Crippen molar-refractivity contribution in [1.82, 2.24) is 4.31 Å². The molecule has 108 valence electrons. The fraction of sp³-hybridized carbons (Fsp3) is 0.545. The summed E-state index contributed by atoms with van der Waals surface area (Å²) in [5.41, 5.74) is 5.49. The summed E-state index contributed by atoms with van der Waals surface area (Å²) >= 11 is 1.24. The zero-order valence-corrected chi connectivity index (χ0v) is 12.8. The Morgan fingerprint density at radius 3 is 2.63 bits per heavy atom. The molecule has 0 fully saturated rings.